The molecule has 1 aromatic heterocycles. The summed E-state index contributed by atoms with van der Waals surface area (Å²) in [5, 5.41) is 10.5. The molecule has 0 radical (unpaired) electrons. The largest absolute Gasteiger partial charge is 0.486 e. The number of hydrogen-bond donors (Lipinski definition) is 1. The molecular formula is C23H24N4O8S2. The lowest BCUT2D eigenvalue weighted by molar-refractivity contribution is -0.121. The number of hydrogen-bond acceptors (Lipinski definition) is 10. The quantitative estimate of drug-likeness (QED) is 0.483. The number of aromatic nitrogens is 2. The molecule has 12 nitrogen and oxygen atoms in total. The number of nitrogens with zero attached hydrogens (tertiary/aromatic N) is 3. The van der Waals surface area contributed by atoms with Gasteiger partial charge < -0.3 is 13.9 Å². The Morgan fingerprint density at radius 2 is 1.65 bits per heavy atom. The Bertz CT molecular complexity index is 1540. The SMILES string of the molecule is CS(=O)(=O)c1cccc(S(=O)(=O)N2CCC(C(=O)Nc3nnc(-c4ccc5c(c4)OCCO5)o3)CC2)c1. The first kappa shape index (κ1) is 25.2. The summed E-state index contributed by atoms with van der Waals surface area (Å²) in [6.45, 7) is 1.13. The molecule has 37 heavy (non-hydrogen) atoms. The van der Waals surface area contributed by atoms with Crippen LogP contribution in [0.2, 0.25) is 0 Å². The van der Waals surface area contributed by atoms with Crippen LogP contribution in [-0.4, -0.2) is 69.8 Å². The van der Waals surface area contributed by atoms with Gasteiger partial charge in [0.15, 0.2) is 21.3 Å². The van der Waals surface area contributed by atoms with Crippen LogP contribution in [0, 0.1) is 5.92 Å². The van der Waals surface area contributed by atoms with E-state index in [-0.39, 0.29) is 53.5 Å². The Kier molecular flexibility index (Phi) is 6.64. The van der Waals surface area contributed by atoms with Crippen molar-refractivity contribution in [2.75, 3.05) is 37.9 Å². The molecule has 5 rings (SSSR count). The highest BCUT2D eigenvalue weighted by molar-refractivity contribution is 7.91. The average Bonchev–Trinajstić information content (AvgIpc) is 3.36. The second-order valence-electron chi connectivity index (χ2n) is 8.69. The summed E-state index contributed by atoms with van der Waals surface area (Å²) in [5.74, 6) is 0.577. The zero-order valence-corrected chi connectivity index (χ0v) is 21.4. The van der Waals surface area contributed by atoms with Gasteiger partial charge in [-0.3, -0.25) is 10.1 Å². The van der Waals surface area contributed by atoms with Crippen molar-refractivity contribution in [1.29, 1.82) is 0 Å². The molecule has 2 aromatic carbocycles. The van der Waals surface area contributed by atoms with E-state index in [1.165, 1.54) is 22.5 Å². The number of carbonyl (C=O) groups is 1. The third kappa shape index (κ3) is 5.31. The maximum atomic E-state index is 13.0. The van der Waals surface area contributed by atoms with Crippen molar-refractivity contribution in [1.82, 2.24) is 14.5 Å². The van der Waals surface area contributed by atoms with Crippen LogP contribution in [-0.2, 0) is 24.7 Å². The number of rotatable bonds is 6. The summed E-state index contributed by atoms with van der Waals surface area (Å²) in [6, 6.07) is 10.4. The number of ether oxygens (including phenoxy) is 2. The maximum Gasteiger partial charge on any atom is 0.322 e. The van der Waals surface area contributed by atoms with Crippen molar-refractivity contribution < 1.29 is 35.5 Å². The third-order valence-electron chi connectivity index (χ3n) is 6.14. The van der Waals surface area contributed by atoms with Crippen LogP contribution in [0.15, 0.2) is 56.7 Å². The molecule has 1 amide bonds. The zero-order chi connectivity index (χ0) is 26.2. The molecule has 1 saturated heterocycles. The highest BCUT2D eigenvalue weighted by atomic mass is 32.2. The molecule has 0 bridgehead atoms. The van der Waals surface area contributed by atoms with E-state index in [2.05, 4.69) is 15.5 Å². The smallest absolute Gasteiger partial charge is 0.322 e. The van der Waals surface area contributed by atoms with E-state index in [4.69, 9.17) is 13.9 Å². The summed E-state index contributed by atoms with van der Waals surface area (Å²) >= 11 is 0. The van der Waals surface area contributed by atoms with Crippen LogP contribution in [0.1, 0.15) is 12.8 Å². The van der Waals surface area contributed by atoms with Gasteiger partial charge >= 0.3 is 6.01 Å². The summed E-state index contributed by atoms with van der Waals surface area (Å²) in [4.78, 5) is 12.6. The Morgan fingerprint density at radius 3 is 2.38 bits per heavy atom. The van der Waals surface area contributed by atoms with E-state index >= 15 is 0 Å². The van der Waals surface area contributed by atoms with Crippen molar-refractivity contribution in [3.05, 3.63) is 42.5 Å². The standard InChI is InChI=1S/C23H24N4O8S2/c1-36(29,30)17-3-2-4-18(14-17)37(31,32)27-9-7-15(8-10-27)21(28)24-23-26-25-22(35-23)16-5-6-19-20(13-16)34-12-11-33-19/h2-6,13-15H,7-12H2,1H3,(H,24,26,28). The minimum Gasteiger partial charge on any atom is -0.486 e. The number of amides is 1. The molecule has 3 aromatic rings. The number of nitrogens with one attached hydrogen (secondary N) is 1. The normalized spacial score (nSPS) is 16.9. The van der Waals surface area contributed by atoms with Crippen molar-refractivity contribution >= 4 is 31.8 Å². The van der Waals surface area contributed by atoms with Crippen molar-refractivity contribution in [2.24, 2.45) is 5.92 Å². The van der Waals surface area contributed by atoms with Crippen LogP contribution in [0.3, 0.4) is 0 Å². The van der Waals surface area contributed by atoms with E-state index in [0.717, 1.165) is 12.3 Å². The van der Waals surface area contributed by atoms with Gasteiger partial charge in [-0.25, -0.2) is 16.8 Å². The minimum atomic E-state index is -3.91. The van der Waals surface area contributed by atoms with Gasteiger partial charge in [0.1, 0.15) is 13.2 Å². The molecule has 0 unspecified atom stereocenters. The van der Waals surface area contributed by atoms with Gasteiger partial charge in [-0.1, -0.05) is 11.2 Å². The van der Waals surface area contributed by atoms with E-state index in [9.17, 15) is 21.6 Å². The fraction of sp³-hybridized carbons (Fsp3) is 0.348. The topological polar surface area (TPSA) is 158 Å². The van der Waals surface area contributed by atoms with E-state index in [1.807, 2.05) is 0 Å². The summed E-state index contributed by atoms with van der Waals surface area (Å²) < 4.78 is 67.6. The van der Waals surface area contributed by atoms with Gasteiger partial charge in [-0.05, 0) is 49.2 Å². The van der Waals surface area contributed by atoms with Gasteiger partial charge in [0.05, 0.1) is 9.79 Å². The maximum absolute atomic E-state index is 13.0. The molecule has 1 fully saturated rings. The Hall–Kier alpha value is -3.49. The molecular weight excluding hydrogens is 524 g/mol. The van der Waals surface area contributed by atoms with Crippen LogP contribution >= 0.6 is 0 Å². The van der Waals surface area contributed by atoms with Gasteiger partial charge in [-0.15, -0.1) is 5.10 Å². The fourth-order valence-electron chi connectivity index (χ4n) is 4.15. The predicted molar refractivity (Wildman–Crippen MR) is 130 cm³/mol. The number of benzene rings is 2. The van der Waals surface area contributed by atoms with E-state index < -0.39 is 25.8 Å². The second kappa shape index (κ2) is 9.76. The number of fused-ring (bicyclic) bond motifs is 1. The summed E-state index contributed by atoms with van der Waals surface area (Å²) in [5.41, 5.74) is 0.607. The van der Waals surface area contributed by atoms with Crippen LogP contribution < -0.4 is 14.8 Å². The van der Waals surface area contributed by atoms with Gasteiger partial charge in [0.25, 0.3) is 0 Å². The number of carbonyl (C=O) groups excluding carboxylic acids is 1. The van der Waals surface area contributed by atoms with Crippen molar-refractivity contribution in [3.63, 3.8) is 0 Å². The van der Waals surface area contributed by atoms with Crippen LogP contribution in [0.4, 0.5) is 6.01 Å². The molecule has 1 N–H and O–H groups in total. The Labute approximate surface area is 213 Å². The Morgan fingerprint density at radius 1 is 0.946 bits per heavy atom. The fourth-order valence-corrected chi connectivity index (χ4v) is 6.40. The molecule has 196 valence electrons. The Balaban J connectivity index is 1.21. The van der Waals surface area contributed by atoms with Gasteiger partial charge in [0.2, 0.25) is 21.8 Å². The van der Waals surface area contributed by atoms with E-state index in [0.29, 0.717) is 30.3 Å². The molecule has 2 aliphatic rings. The van der Waals surface area contributed by atoms with Gasteiger partial charge in [-0.2, -0.15) is 4.31 Å². The first-order valence-electron chi connectivity index (χ1n) is 11.5. The summed E-state index contributed by atoms with van der Waals surface area (Å²) in [7, 11) is -7.46. The minimum absolute atomic E-state index is 0.0671. The monoisotopic (exact) mass is 548 g/mol. The third-order valence-corrected chi connectivity index (χ3v) is 9.15. The molecule has 3 heterocycles. The van der Waals surface area contributed by atoms with Crippen molar-refractivity contribution in [2.45, 2.75) is 22.6 Å². The molecule has 0 aliphatic carbocycles. The first-order valence-corrected chi connectivity index (χ1v) is 14.8. The summed E-state index contributed by atoms with van der Waals surface area (Å²) in [6.07, 6.45) is 1.57. The van der Waals surface area contributed by atoms with Crippen molar-refractivity contribution in [3.8, 4) is 23.0 Å². The zero-order valence-electron chi connectivity index (χ0n) is 19.8. The molecule has 0 atom stereocenters. The number of anilines is 1. The van der Waals surface area contributed by atoms with Crippen LogP contribution in [0.5, 0.6) is 11.5 Å². The number of piperidine rings is 1. The highest BCUT2D eigenvalue weighted by Crippen LogP contribution is 2.34. The lowest BCUT2D eigenvalue weighted by atomic mass is 9.97. The lowest BCUT2D eigenvalue weighted by Crippen LogP contribution is -2.41. The highest BCUT2D eigenvalue weighted by Gasteiger charge is 2.33. The van der Waals surface area contributed by atoms with E-state index in [1.54, 1.807) is 18.2 Å². The van der Waals surface area contributed by atoms with Gasteiger partial charge in [0, 0.05) is 30.8 Å². The second-order valence-corrected chi connectivity index (χ2v) is 12.6. The molecule has 2 aliphatic heterocycles. The molecule has 0 saturated carbocycles. The average molecular weight is 549 g/mol. The number of sulfonamides is 1. The lowest BCUT2D eigenvalue weighted by Gasteiger charge is -2.30. The van der Waals surface area contributed by atoms with Crippen LogP contribution in [0.25, 0.3) is 11.5 Å². The predicted octanol–water partition coefficient (Wildman–Crippen LogP) is 1.95. The molecule has 0 spiro atoms. The number of sulfone groups is 1. The molecule has 14 heteroatoms. The first-order chi connectivity index (χ1) is 17.6.